The zero-order chi connectivity index (χ0) is 28.6. The third-order valence-electron chi connectivity index (χ3n) is 6.53. The van der Waals surface area contributed by atoms with Crippen molar-refractivity contribution in [3.63, 3.8) is 0 Å². The molecule has 3 amide bonds. The lowest BCUT2D eigenvalue weighted by Crippen LogP contribution is -2.51. The monoisotopic (exact) mass is 523 g/mol. The fourth-order valence-corrected chi connectivity index (χ4v) is 4.30. The lowest BCUT2D eigenvalue weighted by Gasteiger charge is -2.34. The Morgan fingerprint density at radius 1 is 0.921 bits per heavy atom. The molecule has 2 aromatic carbocycles. The predicted molar refractivity (Wildman–Crippen MR) is 153 cm³/mol. The molecule has 0 bridgehead atoms. The molecule has 38 heavy (non-hydrogen) atoms. The third kappa shape index (κ3) is 8.61. The van der Waals surface area contributed by atoms with Crippen LogP contribution in [0.15, 0.2) is 36.4 Å². The first-order valence-corrected chi connectivity index (χ1v) is 13.5. The topological polar surface area (TPSA) is 87.7 Å². The van der Waals surface area contributed by atoms with Crippen LogP contribution in [-0.2, 0) is 14.3 Å². The number of aryl methyl sites for hydroxylation is 4. The minimum Gasteiger partial charge on any atom is -0.444 e. The van der Waals surface area contributed by atoms with Crippen molar-refractivity contribution in [2.75, 3.05) is 11.9 Å². The molecule has 2 rings (SSSR count). The van der Waals surface area contributed by atoms with E-state index in [1.807, 2.05) is 64.1 Å². The van der Waals surface area contributed by atoms with Crippen molar-refractivity contribution in [3.8, 4) is 0 Å². The maximum absolute atomic E-state index is 14.0. The van der Waals surface area contributed by atoms with Gasteiger partial charge in [0, 0.05) is 12.2 Å². The summed E-state index contributed by atoms with van der Waals surface area (Å²) < 4.78 is 5.36. The summed E-state index contributed by atoms with van der Waals surface area (Å²) in [4.78, 5) is 41.9. The molecule has 0 saturated carbocycles. The highest BCUT2D eigenvalue weighted by Gasteiger charge is 2.35. The van der Waals surface area contributed by atoms with E-state index in [-0.39, 0.29) is 11.8 Å². The van der Waals surface area contributed by atoms with E-state index in [0.29, 0.717) is 6.54 Å². The van der Waals surface area contributed by atoms with Gasteiger partial charge >= 0.3 is 6.09 Å². The molecule has 0 saturated heterocycles. The first kappa shape index (κ1) is 30.9. The number of amides is 3. The number of nitrogens with one attached hydrogen (secondary N) is 2. The number of carbonyl (C=O) groups excluding carboxylic acids is 3. The van der Waals surface area contributed by atoms with Gasteiger partial charge in [-0.2, -0.15) is 0 Å². The lowest BCUT2D eigenvalue weighted by atomic mass is 9.97. The first-order chi connectivity index (χ1) is 17.7. The van der Waals surface area contributed by atoms with Gasteiger partial charge in [0.15, 0.2) is 0 Å². The van der Waals surface area contributed by atoms with E-state index in [1.54, 1.807) is 32.6 Å². The minimum absolute atomic E-state index is 0.292. The van der Waals surface area contributed by atoms with Gasteiger partial charge in [-0.1, -0.05) is 56.2 Å². The standard InChI is InChI=1S/C31H45N3O4/c1-10-11-12-18-34(29(36)24(6)32-30(37)38-31(7,8)9)27(25-17-16-20(2)23(5)19-25)28(35)33-26-21(3)14-13-15-22(26)4/h13-17,19,24,27H,10-12,18H2,1-9H3,(H,32,37)(H,33,35). The quantitative estimate of drug-likeness (QED) is 0.347. The number of carbonyl (C=O) groups is 3. The number of nitrogens with zero attached hydrogens (tertiary/aromatic N) is 1. The molecule has 2 N–H and O–H groups in total. The van der Waals surface area contributed by atoms with E-state index in [1.165, 1.54) is 0 Å². The van der Waals surface area contributed by atoms with Gasteiger partial charge in [-0.25, -0.2) is 4.79 Å². The maximum Gasteiger partial charge on any atom is 0.408 e. The Balaban J connectivity index is 2.51. The van der Waals surface area contributed by atoms with E-state index in [4.69, 9.17) is 4.74 Å². The third-order valence-corrected chi connectivity index (χ3v) is 6.53. The van der Waals surface area contributed by atoms with E-state index >= 15 is 0 Å². The van der Waals surface area contributed by atoms with Crippen LogP contribution >= 0.6 is 0 Å². The Hall–Kier alpha value is -3.35. The SMILES string of the molecule is CCCCCN(C(=O)C(C)NC(=O)OC(C)(C)C)C(C(=O)Nc1c(C)cccc1C)c1ccc(C)c(C)c1. The number of para-hydroxylation sites is 1. The zero-order valence-corrected chi connectivity index (χ0v) is 24.5. The van der Waals surface area contributed by atoms with Crippen LogP contribution in [0.4, 0.5) is 10.5 Å². The number of rotatable bonds is 10. The summed E-state index contributed by atoms with van der Waals surface area (Å²) in [6.45, 7) is 17.3. The van der Waals surface area contributed by atoms with Crippen molar-refractivity contribution in [2.24, 2.45) is 0 Å². The van der Waals surface area contributed by atoms with E-state index < -0.39 is 23.8 Å². The molecule has 7 nitrogen and oxygen atoms in total. The van der Waals surface area contributed by atoms with Crippen LogP contribution in [0, 0.1) is 27.7 Å². The van der Waals surface area contributed by atoms with Crippen molar-refractivity contribution in [2.45, 2.75) is 99.3 Å². The fourth-order valence-electron chi connectivity index (χ4n) is 4.30. The highest BCUT2D eigenvalue weighted by atomic mass is 16.6. The summed E-state index contributed by atoms with van der Waals surface area (Å²) in [6, 6.07) is 9.94. The van der Waals surface area contributed by atoms with Gasteiger partial charge in [-0.3, -0.25) is 9.59 Å². The van der Waals surface area contributed by atoms with E-state index in [0.717, 1.165) is 52.8 Å². The summed E-state index contributed by atoms with van der Waals surface area (Å²) in [5.74, 6) is -0.633. The van der Waals surface area contributed by atoms with Crippen LogP contribution in [-0.4, -0.2) is 41.0 Å². The summed E-state index contributed by atoms with van der Waals surface area (Å²) >= 11 is 0. The van der Waals surface area contributed by atoms with Gasteiger partial charge in [0.05, 0.1) is 0 Å². The van der Waals surface area contributed by atoms with Crippen molar-refractivity contribution < 1.29 is 19.1 Å². The van der Waals surface area contributed by atoms with Crippen LogP contribution < -0.4 is 10.6 Å². The van der Waals surface area contributed by atoms with Crippen molar-refractivity contribution >= 4 is 23.6 Å². The molecule has 7 heteroatoms. The Bertz CT molecular complexity index is 1120. The lowest BCUT2D eigenvalue weighted by molar-refractivity contribution is -0.140. The largest absolute Gasteiger partial charge is 0.444 e. The molecule has 2 unspecified atom stereocenters. The second kappa shape index (κ2) is 13.4. The minimum atomic E-state index is -0.881. The van der Waals surface area contributed by atoms with Crippen LogP contribution in [0.2, 0.25) is 0 Å². The average molecular weight is 524 g/mol. The normalized spacial score (nSPS) is 12.9. The molecule has 0 aliphatic heterocycles. The Morgan fingerprint density at radius 3 is 2.11 bits per heavy atom. The number of anilines is 1. The van der Waals surface area contributed by atoms with Crippen LogP contribution in [0.1, 0.15) is 87.7 Å². The molecule has 0 aromatic heterocycles. The highest BCUT2D eigenvalue weighted by Crippen LogP contribution is 2.28. The molecule has 0 radical (unpaired) electrons. The molecular formula is C31H45N3O4. The van der Waals surface area contributed by atoms with Gasteiger partial charge < -0.3 is 20.3 Å². The van der Waals surface area contributed by atoms with Crippen LogP contribution in [0.3, 0.4) is 0 Å². The summed E-state index contributed by atoms with van der Waals surface area (Å²) in [7, 11) is 0. The Labute approximate surface area is 228 Å². The van der Waals surface area contributed by atoms with Gasteiger partial charge in [0.2, 0.25) is 5.91 Å². The van der Waals surface area contributed by atoms with Gasteiger partial charge in [-0.05, 0) is 89.6 Å². The summed E-state index contributed by atoms with van der Waals surface area (Å²) in [5.41, 5.74) is 4.81. The number of benzene rings is 2. The van der Waals surface area contributed by atoms with Crippen LogP contribution in [0.5, 0.6) is 0 Å². The van der Waals surface area contributed by atoms with Gasteiger partial charge in [-0.15, -0.1) is 0 Å². The highest BCUT2D eigenvalue weighted by molar-refractivity contribution is 5.99. The predicted octanol–water partition coefficient (Wildman–Crippen LogP) is 6.53. The van der Waals surface area contributed by atoms with Crippen molar-refractivity contribution in [1.29, 1.82) is 0 Å². The number of unbranched alkanes of at least 4 members (excludes halogenated alkanes) is 2. The molecular weight excluding hydrogens is 478 g/mol. The zero-order valence-electron chi connectivity index (χ0n) is 24.5. The molecule has 0 fully saturated rings. The number of hydrogen-bond donors (Lipinski definition) is 2. The van der Waals surface area contributed by atoms with Crippen molar-refractivity contribution in [1.82, 2.24) is 10.2 Å². The van der Waals surface area contributed by atoms with Crippen molar-refractivity contribution in [3.05, 3.63) is 64.2 Å². The summed E-state index contributed by atoms with van der Waals surface area (Å²) in [5, 5.41) is 5.76. The molecule has 0 heterocycles. The van der Waals surface area contributed by atoms with Gasteiger partial charge in [0.25, 0.3) is 5.91 Å². The fraction of sp³-hybridized carbons (Fsp3) is 0.516. The average Bonchev–Trinajstić information content (AvgIpc) is 2.81. The molecule has 208 valence electrons. The molecule has 0 aliphatic carbocycles. The Morgan fingerprint density at radius 2 is 1.55 bits per heavy atom. The first-order valence-electron chi connectivity index (χ1n) is 13.5. The van der Waals surface area contributed by atoms with E-state index in [9.17, 15) is 14.4 Å². The van der Waals surface area contributed by atoms with Crippen LogP contribution in [0.25, 0.3) is 0 Å². The van der Waals surface area contributed by atoms with Gasteiger partial charge in [0.1, 0.15) is 17.7 Å². The number of ether oxygens (including phenoxy) is 1. The number of hydrogen-bond acceptors (Lipinski definition) is 4. The second-order valence-electron chi connectivity index (χ2n) is 11.1. The molecule has 2 aromatic rings. The summed E-state index contributed by atoms with van der Waals surface area (Å²) in [6.07, 6.45) is 1.95. The Kier molecular flexibility index (Phi) is 10.9. The smallest absolute Gasteiger partial charge is 0.408 e. The van der Waals surface area contributed by atoms with E-state index in [2.05, 4.69) is 17.6 Å². The number of alkyl carbamates (subject to hydrolysis) is 1. The molecule has 2 atom stereocenters. The second-order valence-corrected chi connectivity index (χ2v) is 11.1. The molecule has 0 aliphatic rings. The molecule has 0 spiro atoms. The maximum atomic E-state index is 14.0.